The Morgan fingerprint density at radius 3 is 1.53 bits per heavy atom. The van der Waals surface area contributed by atoms with E-state index in [9.17, 15) is 5.11 Å². The first-order valence-corrected chi connectivity index (χ1v) is 10.2. The third-order valence-electron chi connectivity index (χ3n) is 5.53. The molecule has 5 nitrogen and oxygen atoms in total. The van der Waals surface area contributed by atoms with Crippen LogP contribution in [0, 0.1) is 0 Å². The van der Waals surface area contributed by atoms with Gasteiger partial charge in [-0.2, -0.15) is 0 Å². The van der Waals surface area contributed by atoms with Crippen molar-refractivity contribution in [3.63, 3.8) is 0 Å². The molecule has 0 bridgehead atoms. The number of nitrogens with two attached hydrogens (primary N) is 3. The molecule has 7 N–H and O–H groups in total. The minimum atomic E-state index is -0.857. The first-order valence-electron chi connectivity index (χ1n) is 10.2. The van der Waals surface area contributed by atoms with E-state index in [1.165, 1.54) is 0 Å². The molecule has 3 aromatic carbocycles. The third-order valence-corrected chi connectivity index (χ3v) is 5.53. The molecule has 0 saturated carbocycles. The number of aliphatic imine (C=N–C) groups is 1. The van der Waals surface area contributed by atoms with Crippen LogP contribution in [-0.2, 0) is 5.41 Å². The van der Waals surface area contributed by atoms with Crippen LogP contribution in [0.4, 0.5) is 0 Å². The fraction of sp³-hybridized carbons (Fsp3) is 0.240. The van der Waals surface area contributed by atoms with E-state index in [-0.39, 0.29) is 5.96 Å². The Bertz CT molecular complexity index is 828. The summed E-state index contributed by atoms with van der Waals surface area (Å²) < 4.78 is 0. The lowest BCUT2D eigenvalue weighted by atomic mass is 9.64. The van der Waals surface area contributed by atoms with Crippen molar-refractivity contribution in [3.8, 4) is 0 Å². The number of aliphatic hydroxyl groups excluding tert-OH is 1. The number of aliphatic hydroxyl groups is 1. The van der Waals surface area contributed by atoms with E-state index >= 15 is 0 Å². The summed E-state index contributed by atoms with van der Waals surface area (Å²) in [4.78, 5) is 4.03. The summed E-state index contributed by atoms with van der Waals surface area (Å²) in [5, 5.41) is 11.8. The molecule has 156 valence electrons. The quantitative estimate of drug-likeness (QED) is 0.191. The van der Waals surface area contributed by atoms with E-state index in [1.54, 1.807) is 0 Å². The monoisotopic (exact) mass is 402 g/mol. The lowest BCUT2D eigenvalue weighted by molar-refractivity contribution is 0.0904. The summed E-state index contributed by atoms with van der Waals surface area (Å²) >= 11 is 0. The number of hydrogen-bond acceptors (Lipinski definition) is 3. The first kappa shape index (κ1) is 21.6. The molecule has 3 aromatic rings. The molecule has 0 radical (unpaired) electrons. The lowest BCUT2D eigenvalue weighted by Gasteiger charge is -2.42. The highest BCUT2D eigenvalue weighted by Gasteiger charge is 2.45. The molecule has 0 spiro atoms. The van der Waals surface area contributed by atoms with Crippen LogP contribution >= 0.6 is 0 Å². The molecule has 0 aromatic heterocycles. The Morgan fingerprint density at radius 1 is 0.767 bits per heavy atom. The number of guanidine groups is 1. The molecule has 0 saturated heterocycles. The van der Waals surface area contributed by atoms with E-state index in [2.05, 4.69) is 41.4 Å². The SMILES string of the molecule is NC(N)=NCCC[C@H](N)C(O)C(c1ccccc1)(c1ccccc1)c1ccccc1. The predicted molar refractivity (Wildman–Crippen MR) is 123 cm³/mol. The van der Waals surface area contributed by atoms with Crippen molar-refractivity contribution in [2.45, 2.75) is 30.4 Å². The van der Waals surface area contributed by atoms with Crippen molar-refractivity contribution < 1.29 is 5.11 Å². The normalized spacial score (nSPS) is 13.4. The predicted octanol–water partition coefficient (Wildman–Crippen LogP) is 2.76. The second-order valence-corrected chi connectivity index (χ2v) is 7.46. The standard InChI is InChI=1S/C25H30N4O/c26-22(17-10-18-29-24(27)28)23(30)25(19-11-4-1-5-12-19,20-13-6-2-7-14-20)21-15-8-3-9-16-21/h1-9,11-16,22-23,30H,10,17-18,26H2,(H4,27,28,29)/t22-,23?/m0/s1. The summed E-state index contributed by atoms with van der Waals surface area (Å²) in [6.45, 7) is 0.484. The van der Waals surface area contributed by atoms with Gasteiger partial charge in [-0.15, -0.1) is 0 Å². The molecule has 30 heavy (non-hydrogen) atoms. The molecule has 0 aliphatic rings. The summed E-state index contributed by atoms with van der Waals surface area (Å²) in [5.74, 6) is 0.0660. The third kappa shape index (κ3) is 4.53. The van der Waals surface area contributed by atoms with Gasteiger partial charge in [-0.05, 0) is 29.5 Å². The number of benzene rings is 3. The molecule has 2 atom stereocenters. The average Bonchev–Trinajstić information content (AvgIpc) is 2.79. The Morgan fingerprint density at radius 2 is 1.17 bits per heavy atom. The van der Waals surface area contributed by atoms with Gasteiger partial charge in [0.2, 0.25) is 0 Å². The zero-order valence-corrected chi connectivity index (χ0v) is 17.1. The molecule has 0 amide bonds. The highest BCUT2D eigenvalue weighted by molar-refractivity contribution is 5.75. The highest BCUT2D eigenvalue weighted by atomic mass is 16.3. The Kier molecular flexibility index (Phi) is 7.22. The maximum Gasteiger partial charge on any atom is 0.185 e. The molecule has 0 heterocycles. The minimum absolute atomic E-state index is 0.0660. The van der Waals surface area contributed by atoms with Gasteiger partial charge in [-0.3, -0.25) is 4.99 Å². The lowest BCUT2D eigenvalue weighted by Crippen LogP contribution is -2.51. The summed E-state index contributed by atoms with van der Waals surface area (Å²) in [6.07, 6.45) is 0.417. The second-order valence-electron chi connectivity index (χ2n) is 7.46. The van der Waals surface area contributed by atoms with Crippen molar-refractivity contribution in [1.82, 2.24) is 0 Å². The van der Waals surface area contributed by atoms with Gasteiger partial charge in [-0.1, -0.05) is 91.0 Å². The molecule has 0 aliphatic heterocycles. The largest absolute Gasteiger partial charge is 0.390 e. The van der Waals surface area contributed by atoms with Crippen molar-refractivity contribution in [2.75, 3.05) is 6.54 Å². The van der Waals surface area contributed by atoms with Crippen LogP contribution in [0.1, 0.15) is 29.5 Å². The zero-order valence-electron chi connectivity index (χ0n) is 17.1. The molecule has 5 heteroatoms. The zero-order chi connectivity index (χ0) is 21.4. The molecular formula is C25H30N4O. The van der Waals surface area contributed by atoms with Crippen molar-refractivity contribution in [3.05, 3.63) is 108 Å². The minimum Gasteiger partial charge on any atom is -0.390 e. The maximum atomic E-state index is 11.8. The number of hydrogen-bond donors (Lipinski definition) is 4. The fourth-order valence-electron chi connectivity index (χ4n) is 4.13. The Hall–Kier alpha value is -3.15. The van der Waals surface area contributed by atoms with E-state index in [4.69, 9.17) is 17.2 Å². The smallest absolute Gasteiger partial charge is 0.185 e. The van der Waals surface area contributed by atoms with E-state index < -0.39 is 17.6 Å². The van der Waals surface area contributed by atoms with Crippen LogP contribution in [-0.4, -0.2) is 29.8 Å². The van der Waals surface area contributed by atoms with Gasteiger partial charge in [0.05, 0.1) is 11.5 Å². The van der Waals surface area contributed by atoms with Gasteiger partial charge in [0.25, 0.3) is 0 Å². The number of nitrogens with zero attached hydrogens (tertiary/aromatic N) is 1. The van der Waals surface area contributed by atoms with Gasteiger partial charge in [0.1, 0.15) is 0 Å². The Labute approximate surface area is 178 Å². The second kappa shape index (κ2) is 10.1. The summed E-state index contributed by atoms with van der Waals surface area (Å²) in [5.41, 5.74) is 19.6. The van der Waals surface area contributed by atoms with Crippen LogP contribution in [0.2, 0.25) is 0 Å². The van der Waals surface area contributed by atoms with Crippen molar-refractivity contribution in [2.24, 2.45) is 22.2 Å². The topological polar surface area (TPSA) is 111 Å². The van der Waals surface area contributed by atoms with Gasteiger partial charge in [0.15, 0.2) is 5.96 Å². The van der Waals surface area contributed by atoms with Gasteiger partial charge in [-0.25, -0.2) is 0 Å². The summed E-state index contributed by atoms with van der Waals surface area (Å²) in [7, 11) is 0. The summed E-state index contributed by atoms with van der Waals surface area (Å²) in [6, 6.07) is 29.7. The highest BCUT2D eigenvalue weighted by Crippen LogP contribution is 2.43. The fourth-order valence-corrected chi connectivity index (χ4v) is 4.13. The first-order chi connectivity index (χ1) is 14.6. The molecule has 0 aliphatic carbocycles. The molecular weight excluding hydrogens is 372 g/mol. The van der Waals surface area contributed by atoms with Gasteiger partial charge in [0, 0.05) is 12.6 Å². The molecule has 1 unspecified atom stereocenters. The van der Waals surface area contributed by atoms with E-state index in [1.807, 2.05) is 54.6 Å². The number of rotatable bonds is 9. The van der Waals surface area contributed by atoms with Crippen molar-refractivity contribution >= 4 is 5.96 Å². The maximum absolute atomic E-state index is 11.8. The molecule has 0 fully saturated rings. The van der Waals surface area contributed by atoms with E-state index in [0.29, 0.717) is 19.4 Å². The van der Waals surface area contributed by atoms with Crippen molar-refractivity contribution in [1.29, 1.82) is 0 Å². The van der Waals surface area contributed by atoms with Crippen LogP contribution < -0.4 is 17.2 Å². The van der Waals surface area contributed by atoms with Crippen LogP contribution in [0.3, 0.4) is 0 Å². The van der Waals surface area contributed by atoms with Gasteiger partial charge >= 0.3 is 0 Å². The van der Waals surface area contributed by atoms with Crippen LogP contribution in [0.5, 0.6) is 0 Å². The van der Waals surface area contributed by atoms with E-state index in [0.717, 1.165) is 16.7 Å². The Balaban J connectivity index is 2.10. The average molecular weight is 403 g/mol. The van der Waals surface area contributed by atoms with Crippen LogP contribution in [0.25, 0.3) is 0 Å². The van der Waals surface area contributed by atoms with Gasteiger partial charge < -0.3 is 22.3 Å². The molecule has 3 rings (SSSR count). The van der Waals surface area contributed by atoms with Crippen LogP contribution in [0.15, 0.2) is 96.0 Å².